The molecule has 0 bridgehead atoms. The number of rotatable bonds is 8. The van der Waals surface area contributed by atoms with Crippen LogP contribution in [0.15, 0.2) is 36.4 Å². The summed E-state index contributed by atoms with van der Waals surface area (Å²) in [6.07, 6.45) is 3.23. The topological polar surface area (TPSA) is 141 Å². The van der Waals surface area contributed by atoms with Crippen LogP contribution in [0.4, 0.5) is 0 Å². The Morgan fingerprint density at radius 2 is 1.55 bits per heavy atom. The molecule has 11 nitrogen and oxygen atoms in total. The SMILES string of the molecule is COc1ccc(C2CC3CC(COC(=O)c4cc(OC)c(OC)c(OC)c4)CCN3C2)cc1.O=S(=O)(O)O. The molecule has 210 valence electrons. The maximum absolute atomic E-state index is 12.7. The summed E-state index contributed by atoms with van der Waals surface area (Å²) in [4.78, 5) is 15.3. The minimum atomic E-state index is -4.67. The van der Waals surface area contributed by atoms with Gasteiger partial charge < -0.3 is 23.7 Å². The van der Waals surface area contributed by atoms with Crippen LogP contribution >= 0.6 is 0 Å². The molecule has 2 aliphatic rings. The molecule has 4 rings (SSSR count). The number of nitrogens with zero attached hydrogens (tertiary/aromatic N) is 1. The van der Waals surface area contributed by atoms with Gasteiger partial charge in [-0.15, -0.1) is 0 Å². The molecular formula is C26H35NO10S. The van der Waals surface area contributed by atoms with Crippen molar-refractivity contribution in [2.45, 2.75) is 31.2 Å². The minimum Gasteiger partial charge on any atom is -0.497 e. The Kier molecular flexibility index (Phi) is 10.2. The average Bonchev–Trinajstić information content (AvgIpc) is 3.33. The summed E-state index contributed by atoms with van der Waals surface area (Å²) in [6.45, 7) is 2.56. The van der Waals surface area contributed by atoms with Gasteiger partial charge in [-0.25, -0.2) is 4.79 Å². The normalized spacial score (nSPS) is 20.9. The number of methoxy groups -OCH3 is 4. The molecule has 0 amide bonds. The molecule has 0 radical (unpaired) electrons. The van der Waals surface area contributed by atoms with Crippen molar-refractivity contribution in [2.75, 3.05) is 48.1 Å². The second-order valence-electron chi connectivity index (χ2n) is 9.21. The monoisotopic (exact) mass is 553 g/mol. The molecule has 2 aromatic rings. The van der Waals surface area contributed by atoms with Crippen molar-refractivity contribution >= 4 is 16.4 Å². The highest BCUT2D eigenvalue weighted by molar-refractivity contribution is 7.79. The highest BCUT2D eigenvalue weighted by Gasteiger charge is 2.37. The van der Waals surface area contributed by atoms with E-state index in [0.717, 1.165) is 38.1 Å². The fraction of sp³-hybridized carbons (Fsp3) is 0.500. The van der Waals surface area contributed by atoms with Crippen molar-refractivity contribution in [3.8, 4) is 23.0 Å². The van der Waals surface area contributed by atoms with Gasteiger partial charge in [-0.3, -0.25) is 14.0 Å². The van der Waals surface area contributed by atoms with Crippen LogP contribution in [0.5, 0.6) is 23.0 Å². The number of fused-ring (bicyclic) bond motifs is 1. The zero-order valence-corrected chi connectivity index (χ0v) is 22.8. The summed E-state index contributed by atoms with van der Waals surface area (Å²) in [7, 11) is 1.62. The fourth-order valence-electron chi connectivity index (χ4n) is 5.10. The Hall–Kier alpha value is -3.06. The molecule has 2 aromatic carbocycles. The molecule has 2 aliphatic heterocycles. The van der Waals surface area contributed by atoms with E-state index in [0.29, 0.717) is 47.3 Å². The third-order valence-corrected chi connectivity index (χ3v) is 6.90. The lowest BCUT2D eigenvalue weighted by Crippen LogP contribution is -2.39. The second kappa shape index (κ2) is 13.1. The lowest BCUT2D eigenvalue weighted by Gasteiger charge is -2.34. The number of benzene rings is 2. The summed E-state index contributed by atoms with van der Waals surface area (Å²) in [5.74, 6) is 2.76. The van der Waals surface area contributed by atoms with Crippen molar-refractivity contribution < 1.29 is 46.0 Å². The molecule has 2 heterocycles. The summed E-state index contributed by atoms with van der Waals surface area (Å²) in [5.41, 5.74) is 1.76. The minimum absolute atomic E-state index is 0.367. The van der Waals surface area contributed by atoms with Crippen LogP contribution < -0.4 is 18.9 Å². The molecular weight excluding hydrogens is 518 g/mol. The zero-order valence-electron chi connectivity index (χ0n) is 22.0. The fourth-order valence-corrected chi connectivity index (χ4v) is 5.10. The van der Waals surface area contributed by atoms with E-state index in [2.05, 4.69) is 17.0 Å². The Morgan fingerprint density at radius 3 is 2.08 bits per heavy atom. The van der Waals surface area contributed by atoms with Gasteiger partial charge in [0, 0.05) is 12.6 Å². The third kappa shape index (κ3) is 7.97. The number of carbonyl (C=O) groups excluding carboxylic acids is 1. The predicted octanol–water partition coefficient (Wildman–Crippen LogP) is 3.49. The summed E-state index contributed by atoms with van der Waals surface area (Å²) in [6, 6.07) is 12.2. The van der Waals surface area contributed by atoms with E-state index in [-0.39, 0.29) is 5.97 Å². The van der Waals surface area contributed by atoms with Gasteiger partial charge in [-0.05, 0) is 67.5 Å². The quantitative estimate of drug-likeness (QED) is 0.366. The molecule has 2 fully saturated rings. The molecule has 12 heteroatoms. The molecule has 3 atom stereocenters. The van der Waals surface area contributed by atoms with Crippen molar-refractivity contribution in [3.63, 3.8) is 0 Å². The Balaban J connectivity index is 0.000000732. The lowest BCUT2D eigenvalue weighted by atomic mass is 9.89. The average molecular weight is 554 g/mol. The molecule has 0 aliphatic carbocycles. The number of hydrogen-bond acceptors (Lipinski definition) is 9. The van der Waals surface area contributed by atoms with Gasteiger partial charge in [0.25, 0.3) is 0 Å². The highest BCUT2D eigenvalue weighted by Crippen LogP contribution is 2.40. The molecule has 2 saturated heterocycles. The van der Waals surface area contributed by atoms with E-state index in [9.17, 15) is 4.79 Å². The first-order chi connectivity index (χ1) is 18.1. The highest BCUT2D eigenvalue weighted by atomic mass is 32.3. The van der Waals surface area contributed by atoms with Gasteiger partial charge in [0.1, 0.15) is 5.75 Å². The van der Waals surface area contributed by atoms with Gasteiger partial charge in [-0.1, -0.05) is 12.1 Å². The van der Waals surface area contributed by atoms with Gasteiger partial charge in [0.05, 0.1) is 40.6 Å². The van der Waals surface area contributed by atoms with Crippen molar-refractivity contribution in [1.29, 1.82) is 0 Å². The van der Waals surface area contributed by atoms with Crippen LogP contribution in [-0.2, 0) is 15.1 Å². The smallest absolute Gasteiger partial charge is 0.394 e. The van der Waals surface area contributed by atoms with Crippen LogP contribution in [0.25, 0.3) is 0 Å². The Morgan fingerprint density at radius 1 is 0.947 bits per heavy atom. The summed E-state index contributed by atoms with van der Waals surface area (Å²) in [5, 5.41) is 0. The van der Waals surface area contributed by atoms with E-state index in [1.807, 2.05) is 12.1 Å². The molecule has 3 unspecified atom stereocenters. The van der Waals surface area contributed by atoms with Crippen molar-refractivity contribution in [2.24, 2.45) is 5.92 Å². The predicted molar refractivity (Wildman–Crippen MR) is 139 cm³/mol. The van der Waals surface area contributed by atoms with Crippen LogP contribution in [0.1, 0.15) is 41.1 Å². The van der Waals surface area contributed by atoms with Crippen LogP contribution in [0.2, 0.25) is 0 Å². The number of hydrogen-bond donors (Lipinski definition) is 2. The van der Waals surface area contributed by atoms with E-state index in [4.69, 9.17) is 41.2 Å². The standard InChI is InChI=1S/C26H33NO6.H2O4S/c1-29-22-7-5-18(6-8-22)20-12-21-11-17(9-10-27(21)15-20)16-33-26(28)19-13-23(30-2)25(32-4)24(14-19)31-3;1-5(2,3)4/h5-8,13-14,17,20-21H,9-12,15-16H2,1-4H3;(H2,1,2,3,4). The maximum Gasteiger partial charge on any atom is 0.394 e. The first-order valence-electron chi connectivity index (χ1n) is 12.1. The van der Waals surface area contributed by atoms with E-state index < -0.39 is 10.4 Å². The Bertz CT molecular complexity index is 1150. The lowest BCUT2D eigenvalue weighted by molar-refractivity contribution is 0.0339. The first-order valence-corrected chi connectivity index (χ1v) is 13.5. The van der Waals surface area contributed by atoms with E-state index in [1.54, 1.807) is 19.2 Å². The van der Waals surface area contributed by atoms with Crippen LogP contribution in [-0.4, -0.2) is 82.6 Å². The molecule has 2 N–H and O–H groups in total. The number of ether oxygens (including phenoxy) is 5. The van der Waals surface area contributed by atoms with Crippen LogP contribution in [0, 0.1) is 5.92 Å². The molecule has 0 saturated carbocycles. The third-order valence-electron chi connectivity index (χ3n) is 6.90. The van der Waals surface area contributed by atoms with Gasteiger partial charge in [-0.2, -0.15) is 8.42 Å². The zero-order chi connectivity index (χ0) is 27.9. The van der Waals surface area contributed by atoms with Gasteiger partial charge in [0.2, 0.25) is 5.75 Å². The van der Waals surface area contributed by atoms with Crippen LogP contribution in [0.3, 0.4) is 0 Å². The number of esters is 1. The maximum atomic E-state index is 12.7. The summed E-state index contributed by atoms with van der Waals surface area (Å²) < 4.78 is 58.6. The first kappa shape index (κ1) is 29.5. The van der Waals surface area contributed by atoms with Crippen molar-refractivity contribution in [1.82, 2.24) is 4.90 Å². The number of carbonyl (C=O) groups is 1. The molecule has 38 heavy (non-hydrogen) atoms. The van der Waals surface area contributed by atoms with E-state index in [1.165, 1.54) is 26.9 Å². The number of piperidine rings is 1. The largest absolute Gasteiger partial charge is 0.497 e. The Labute approximate surface area is 223 Å². The molecule has 0 spiro atoms. The van der Waals surface area contributed by atoms with Gasteiger partial charge in [0.15, 0.2) is 11.5 Å². The van der Waals surface area contributed by atoms with E-state index >= 15 is 0 Å². The van der Waals surface area contributed by atoms with Crippen molar-refractivity contribution in [3.05, 3.63) is 47.5 Å². The molecule has 0 aromatic heterocycles. The van der Waals surface area contributed by atoms with Gasteiger partial charge >= 0.3 is 16.4 Å². The second-order valence-corrected chi connectivity index (χ2v) is 10.1. The summed E-state index contributed by atoms with van der Waals surface area (Å²) >= 11 is 0.